The first-order valence-electron chi connectivity index (χ1n) is 5.21. The van der Waals surface area contributed by atoms with Crippen molar-refractivity contribution >= 4 is 5.97 Å². The van der Waals surface area contributed by atoms with Crippen LogP contribution in [0.5, 0.6) is 0 Å². The lowest BCUT2D eigenvalue weighted by Gasteiger charge is -2.17. The molecule has 1 unspecified atom stereocenters. The summed E-state index contributed by atoms with van der Waals surface area (Å²) in [5.41, 5.74) is 2.98. The van der Waals surface area contributed by atoms with Gasteiger partial charge in [-0.25, -0.2) is 4.79 Å². The van der Waals surface area contributed by atoms with Crippen LogP contribution in [0.25, 0.3) is 0 Å². The van der Waals surface area contributed by atoms with Gasteiger partial charge in [0, 0.05) is 0 Å². The predicted octanol–water partition coefficient (Wildman–Crippen LogP) is 1.68. The lowest BCUT2D eigenvalue weighted by Crippen LogP contribution is -2.12. The molecule has 3 heteroatoms. The van der Waals surface area contributed by atoms with Crippen LogP contribution in [0.15, 0.2) is 18.2 Å². The number of aliphatic carboxylic acids is 1. The minimum Gasteiger partial charge on any atom is -0.479 e. The van der Waals surface area contributed by atoms with Gasteiger partial charge >= 0.3 is 5.97 Å². The van der Waals surface area contributed by atoms with Crippen molar-refractivity contribution < 1.29 is 15.0 Å². The summed E-state index contributed by atoms with van der Waals surface area (Å²) in [6, 6.07) is 5.48. The number of aryl methyl sites for hydroxylation is 2. The summed E-state index contributed by atoms with van der Waals surface area (Å²) in [5, 5.41) is 18.1. The highest BCUT2D eigenvalue weighted by Gasteiger charge is 2.18. The van der Waals surface area contributed by atoms with E-state index in [1.165, 1.54) is 17.5 Å². The van der Waals surface area contributed by atoms with Crippen molar-refractivity contribution in [1.82, 2.24) is 0 Å². The van der Waals surface area contributed by atoms with Crippen molar-refractivity contribution in [3.63, 3.8) is 0 Å². The Morgan fingerprint density at radius 3 is 2.53 bits per heavy atom. The maximum absolute atomic E-state index is 10.6. The molecule has 0 bridgehead atoms. The lowest BCUT2D eigenvalue weighted by molar-refractivity contribution is -0.146. The second-order valence-corrected chi connectivity index (χ2v) is 3.98. The fourth-order valence-corrected chi connectivity index (χ4v) is 2.07. The Kier molecular flexibility index (Phi) is 2.73. The molecule has 0 heterocycles. The van der Waals surface area contributed by atoms with E-state index in [0.29, 0.717) is 5.56 Å². The maximum Gasteiger partial charge on any atom is 0.337 e. The van der Waals surface area contributed by atoms with Crippen LogP contribution in [0.4, 0.5) is 0 Å². The third kappa shape index (κ3) is 2.02. The van der Waals surface area contributed by atoms with E-state index in [-0.39, 0.29) is 0 Å². The summed E-state index contributed by atoms with van der Waals surface area (Å²) in [7, 11) is 0. The highest BCUT2D eigenvalue weighted by Crippen LogP contribution is 2.24. The Morgan fingerprint density at radius 2 is 1.87 bits per heavy atom. The Bertz CT molecular complexity index is 384. The van der Waals surface area contributed by atoms with Gasteiger partial charge in [0.15, 0.2) is 6.10 Å². The molecular formula is C12H14O3. The number of aliphatic hydroxyl groups excluding tert-OH is 1. The largest absolute Gasteiger partial charge is 0.479 e. The highest BCUT2D eigenvalue weighted by atomic mass is 16.4. The van der Waals surface area contributed by atoms with Crippen LogP contribution in [0.1, 0.15) is 35.6 Å². The summed E-state index contributed by atoms with van der Waals surface area (Å²) in [4.78, 5) is 10.6. The smallest absolute Gasteiger partial charge is 0.337 e. The molecule has 2 N–H and O–H groups in total. The SMILES string of the molecule is O=C(O)C(O)c1ccc2c(c1)CCCC2. The quantitative estimate of drug-likeness (QED) is 0.774. The zero-order valence-corrected chi connectivity index (χ0v) is 8.44. The minimum atomic E-state index is -1.39. The molecule has 1 aliphatic carbocycles. The number of carboxylic acids is 1. The molecule has 0 saturated heterocycles. The molecule has 0 amide bonds. The molecule has 0 fully saturated rings. The zero-order chi connectivity index (χ0) is 10.8. The third-order valence-corrected chi connectivity index (χ3v) is 2.92. The average molecular weight is 206 g/mol. The van der Waals surface area contributed by atoms with Gasteiger partial charge in [-0.3, -0.25) is 0 Å². The number of carbonyl (C=O) groups is 1. The Hall–Kier alpha value is -1.35. The number of fused-ring (bicyclic) bond motifs is 1. The average Bonchev–Trinajstić information content (AvgIpc) is 2.27. The topological polar surface area (TPSA) is 57.5 Å². The number of hydrogen-bond donors (Lipinski definition) is 2. The molecule has 0 spiro atoms. The normalized spacial score (nSPS) is 16.9. The van der Waals surface area contributed by atoms with Crippen LogP contribution in [0.3, 0.4) is 0 Å². The fourth-order valence-electron chi connectivity index (χ4n) is 2.07. The van der Waals surface area contributed by atoms with E-state index in [4.69, 9.17) is 5.11 Å². The van der Waals surface area contributed by atoms with Gasteiger partial charge in [-0.15, -0.1) is 0 Å². The van der Waals surface area contributed by atoms with Gasteiger partial charge in [0.05, 0.1) is 0 Å². The number of rotatable bonds is 2. The van der Waals surface area contributed by atoms with Crippen LogP contribution in [0, 0.1) is 0 Å². The van der Waals surface area contributed by atoms with Gasteiger partial charge in [-0.2, -0.15) is 0 Å². The van der Waals surface area contributed by atoms with Crippen LogP contribution < -0.4 is 0 Å². The van der Waals surface area contributed by atoms with E-state index in [1.54, 1.807) is 6.07 Å². The van der Waals surface area contributed by atoms with E-state index in [2.05, 4.69) is 0 Å². The molecule has 1 aromatic rings. The first-order valence-corrected chi connectivity index (χ1v) is 5.21. The standard InChI is InChI=1S/C12H14O3/c13-11(12(14)15)10-6-5-8-3-1-2-4-9(8)7-10/h5-7,11,13H,1-4H2,(H,14,15). The summed E-state index contributed by atoms with van der Waals surface area (Å²) in [6.07, 6.45) is 3.03. The maximum atomic E-state index is 10.6. The molecule has 0 aliphatic heterocycles. The Morgan fingerprint density at radius 1 is 1.20 bits per heavy atom. The molecule has 2 rings (SSSR count). The molecule has 15 heavy (non-hydrogen) atoms. The second-order valence-electron chi connectivity index (χ2n) is 3.98. The van der Waals surface area contributed by atoms with Crippen molar-refractivity contribution in [2.75, 3.05) is 0 Å². The van der Waals surface area contributed by atoms with E-state index >= 15 is 0 Å². The van der Waals surface area contributed by atoms with Crippen LogP contribution >= 0.6 is 0 Å². The van der Waals surface area contributed by atoms with Crippen molar-refractivity contribution in [2.24, 2.45) is 0 Å². The van der Waals surface area contributed by atoms with Gasteiger partial charge < -0.3 is 10.2 Å². The number of carboxylic acid groups (broad SMARTS) is 1. The van der Waals surface area contributed by atoms with E-state index < -0.39 is 12.1 Å². The van der Waals surface area contributed by atoms with Crippen molar-refractivity contribution in [2.45, 2.75) is 31.8 Å². The summed E-state index contributed by atoms with van der Waals surface area (Å²) < 4.78 is 0. The van der Waals surface area contributed by atoms with Crippen molar-refractivity contribution in [3.8, 4) is 0 Å². The molecule has 0 saturated carbocycles. The molecule has 1 aromatic carbocycles. The monoisotopic (exact) mass is 206 g/mol. The summed E-state index contributed by atoms with van der Waals surface area (Å²) >= 11 is 0. The Labute approximate surface area is 88.4 Å². The molecule has 1 atom stereocenters. The molecule has 0 aromatic heterocycles. The predicted molar refractivity (Wildman–Crippen MR) is 55.7 cm³/mol. The molecule has 3 nitrogen and oxygen atoms in total. The third-order valence-electron chi connectivity index (χ3n) is 2.92. The highest BCUT2D eigenvalue weighted by molar-refractivity contribution is 5.74. The summed E-state index contributed by atoms with van der Waals surface area (Å²) in [6.45, 7) is 0. The van der Waals surface area contributed by atoms with Crippen LogP contribution in [-0.2, 0) is 17.6 Å². The van der Waals surface area contributed by atoms with E-state index in [1.807, 2.05) is 12.1 Å². The van der Waals surface area contributed by atoms with Crippen molar-refractivity contribution in [1.29, 1.82) is 0 Å². The van der Waals surface area contributed by atoms with Gasteiger partial charge in [0.25, 0.3) is 0 Å². The molecule has 0 radical (unpaired) electrons. The van der Waals surface area contributed by atoms with E-state index in [0.717, 1.165) is 19.3 Å². The fraction of sp³-hybridized carbons (Fsp3) is 0.417. The summed E-state index contributed by atoms with van der Waals surface area (Å²) in [5.74, 6) is -1.19. The van der Waals surface area contributed by atoms with Crippen LogP contribution in [0.2, 0.25) is 0 Å². The number of hydrogen-bond acceptors (Lipinski definition) is 2. The first kappa shape index (κ1) is 10.2. The molecular weight excluding hydrogens is 192 g/mol. The van der Waals surface area contributed by atoms with Gasteiger partial charge in [-0.1, -0.05) is 18.2 Å². The first-order chi connectivity index (χ1) is 7.18. The van der Waals surface area contributed by atoms with Gasteiger partial charge in [0.2, 0.25) is 0 Å². The number of aliphatic hydroxyl groups is 1. The Balaban J connectivity index is 2.31. The van der Waals surface area contributed by atoms with E-state index in [9.17, 15) is 9.90 Å². The molecule has 1 aliphatic rings. The minimum absolute atomic E-state index is 0.489. The van der Waals surface area contributed by atoms with Crippen molar-refractivity contribution in [3.05, 3.63) is 34.9 Å². The van der Waals surface area contributed by atoms with Gasteiger partial charge in [0.1, 0.15) is 0 Å². The zero-order valence-electron chi connectivity index (χ0n) is 8.44. The second kappa shape index (κ2) is 4.03. The van der Waals surface area contributed by atoms with Crippen LogP contribution in [-0.4, -0.2) is 16.2 Å². The lowest BCUT2D eigenvalue weighted by atomic mass is 9.89. The van der Waals surface area contributed by atoms with Gasteiger partial charge in [-0.05, 0) is 42.4 Å². The molecule has 80 valence electrons. The number of benzene rings is 1.